The molecule has 3 aromatic rings. The molecule has 26 heavy (non-hydrogen) atoms. The third kappa shape index (κ3) is 3.49. The van der Waals surface area contributed by atoms with E-state index in [0.717, 1.165) is 5.39 Å². The molecule has 0 aromatic heterocycles. The molecule has 0 amide bonds. The highest BCUT2D eigenvalue weighted by atomic mass is 32.2. The number of ether oxygens (including phenoxy) is 1. The van der Waals surface area contributed by atoms with Crippen LogP contribution in [0.3, 0.4) is 0 Å². The molecule has 0 aliphatic rings. The van der Waals surface area contributed by atoms with Crippen molar-refractivity contribution >= 4 is 20.8 Å². The minimum atomic E-state index is -3.80. The van der Waals surface area contributed by atoms with Crippen LogP contribution in [-0.4, -0.2) is 22.1 Å². The van der Waals surface area contributed by atoms with E-state index in [1.807, 2.05) is 18.2 Å². The van der Waals surface area contributed by atoms with Crippen LogP contribution in [0, 0.1) is 5.82 Å². The molecule has 0 aliphatic heterocycles. The van der Waals surface area contributed by atoms with Crippen molar-refractivity contribution in [2.75, 3.05) is 13.7 Å². The Hall–Kier alpha value is -2.28. The summed E-state index contributed by atoms with van der Waals surface area (Å²) < 4.78 is 47.9. The molecule has 4 nitrogen and oxygen atoms in total. The van der Waals surface area contributed by atoms with Crippen molar-refractivity contribution in [3.8, 4) is 0 Å². The lowest BCUT2D eigenvalue weighted by Gasteiger charge is -2.29. The normalized spacial score (nSPS) is 14.3. The molecule has 3 aromatic carbocycles. The number of rotatable bonds is 6. The summed E-state index contributed by atoms with van der Waals surface area (Å²) in [5, 5.41) is 1.46. The molecule has 0 saturated heterocycles. The first-order chi connectivity index (χ1) is 12.4. The fourth-order valence-corrected chi connectivity index (χ4v) is 4.26. The Bertz CT molecular complexity index is 1030. The van der Waals surface area contributed by atoms with E-state index in [9.17, 15) is 12.8 Å². The van der Waals surface area contributed by atoms with Gasteiger partial charge in [0.15, 0.2) is 0 Å². The maximum atomic E-state index is 14.2. The molecule has 0 heterocycles. The van der Waals surface area contributed by atoms with Crippen molar-refractivity contribution in [2.45, 2.75) is 17.4 Å². The molecule has 0 fully saturated rings. The van der Waals surface area contributed by atoms with Crippen molar-refractivity contribution in [3.63, 3.8) is 0 Å². The van der Waals surface area contributed by atoms with Crippen molar-refractivity contribution < 1.29 is 17.5 Å². The van der Waals surface area contributed by atoms with E-state index in [2.05, 4.69) is 4.72 Å². The minimum Gasteiger partial charge on any atom is -0.372 e. The quantitative estimate of drug-likeness (QED) is 0.715. The number of fused-ring (bicyclic) bond motifs is 1. The van der Waals surface area contributed by atoms with Crippen molar-refractivity contribution in [2.24, 2.45) is 0 Å². The number of methoxy groups -OCH3 is 1. The van der Waals surface area contributed by atoms with Crippen molar-refractivity contribution in [1.82, 2.24) is 4.72 Å². The van der Waals surface area contributed by atoms with Gasteiger partial charge in [0.2, 0.25) is 10.0 Å². The van der Waals surface area contributed by atoms with Crippen LogP contribution in [0.2, 0.25) is 0 Å². The van der Waals surface area contributed by atoms with Gasteiger partial charge < -0.3 is 4.74 Å². The second kappa shape index (κ2) is 7.15. The van der Waals surface area contributed by atoms with Gasteiger partial charge in [0.1, 0.15) is 11.4 Å². The van der Waals surface area contributed by atoms with E-state index in [4.69, 9.17) is 4.74 Å². The summed E-state index contributed by atoms with van der Waals surface area (Å²) in [4.78, 5) is 0.183. The molecule has 0 aliphatic carbocycles. The lowest BCUT2D eigenvalue weighted by atomic mass is 9.95. The van der Waals surface area contributed by atoms with Gasteiger partial charge >= 0.3 is 0 Å². The predicted octanol–water partition coefficient (Wildman–Crippen LogP) is 3.82. The van der Waals surface area contributed by atoms with Gasteiger partial charge in [-0.05, 0) is 24.4 Å². The largest absolute Gasteiger partial charge is 0.372 e. The van der Waals surface area contributed by atoms with Gasteiger partial charge in [0.25, 0.3) is 0 Å². The summed E-state index contributed by atoms with van der Waals surface area (Å²) in [7, 11) is -2.37. The predicted molar refractivity (Wildman–Crippen MR) is 99.9 cm³/mol. The number of nitrogens with one attached hydrogen (secondary N) is 1. The summed E-state index contributed by atoms with van der Waals surface area (Å²) in [6.07, 6.45) is 0. The molecule has 0 saturated carbocycles. The fourth-order valence-electron chi connectivity index (χ4n) is 2.91. The first kappa shape index (κ1) is 18.5. The van der Waals surface area contributed by atoms with Gasteiger partial charge in [-0.15, -0.1) is 0 Å². The SMILES string of the molecule is COC(C)(CNS(=O)(=O)c1cccc2ccccc12)c1ccccc1F. The van der Waals surface area contributed by atoms with Crippen molar-refractivity contribution in [3.05, 3.63) is 78.1 Å². The van der Waals surface area contributed by atoms with Crippen LogP contribution < -0.4 is 4.72 Å². The Morgan fingerprint density at radius 2 is 1.65 bits per heavy atom. The van der Waals surface area contributed by atoms with Crippen LogP contribution in [0.1, 0.15) is 12.5 Å². The lowest BCUT2D eigenvalue weighted by molar-refractivity contribution is 0.00411. The monoisotopic (exact) mass is 373 g/mol. The average molecular weight is 373 g/mol. The van der Waals surface area contributed by atoms with Gasteiger partial charge in [-0.25, -0.2) is 17.5 Å². The summed E-state index contributed by atoms with van der Waals surface area (Å²) in [6, 6.07) is 18.5. The fraction of sp³-hybridized carbons (Fsp3) is 0.200. The lowest BCUT2D eigenvalue weighted by Crippen LogP contribution is -2.40. The van der Waals surface area contributed by atoms with E-state index in [0.29, 0.717) is 10.9 Å². The standard InChI is InChI=1S/C20H20FNO3S/c1-20(25-2,17-11-5-6-12-18(17)21)14-22-26(23,24)19-13-7-9-15-8-3-4-10-16(15)19/h3-13,22H,14H2,1-2H3. The topological polar surface area (TPSA) is 55.4 Å². The highest BCUT2D eigenvalue weighted by molar-refractivity contribution is 7.89. The smallest absolute Gasteiger partial charge is 0.241 e. The maximum Gasteiger partial charge on any atom is 0.241 e. The van der Waals surface area contributed by atoms with Crippen LogP contribution in [0.15, 0.2) is 71.6 Å². The highest BCUT2D eigenvalue weighted by Crippen LogP contribution is 2.28. The molecule has 0 spiro atoms. The molecule has 6 heteroatoms. The first-order valence-electron chi connectivity index (χ1n) is 8.15. The second-order valence-electron chi connectivity index (χ2n) is 6.22. The number of hydrogen-bond donors (Lipinski definition) is 1. The third-order valence-corrected chi connectivity index (χ3v) is 5.99. The molecular formula is C20H20FNO3S. The van der Waals surface area contributed by atoms with Gasteiger partial charge in [-0.2, -0.15) is 0 Å². The number of benzene rings is 3. The third-order valence-electron chi connectivity index (χ3n) is 4.53. The molecule has 1 atom stereocenters. The van der Waals surface area contributed by atoms with E-state index >= 15 is 0 Å². The number of halogens is 1. The second-order valence-corrected chi connectivity index (χ2v) is 7.95. The molecule has 3 rings (SSSR count). The zero-order valence-electron chi connectivity index (χ0n) is 14.6. The molecule has 0 bridgehead atoms. The minimum absolute atomic E-state index is 0.101. The first-order valence-corrected chi connectivity index (χ1v) is 9.63. The summed E-state index contributed by atoms with van der Waals surface area (Å²) in [5.74, 6) is -0.443. The Morgan fingerprint density at radius 3 is 2.38 bits per heavy atom. The summed E-state index contributed by atoms with van der Waals surface area (Å²) in [5.41, 5.74) is -0.841. The van der Waals surface area contributed by atoms with Crippen LogP contribution in [-0.2, 0) is 20.4 Å². The van der Waals surface area contributed by atoms with E-state index < -0.39 is 21.4 Å². The van der Waals surface area contributed by atoms with Gasteiger partial charge in [0, 0.05) is 24.6 Å². The zero-order valence-corrected chi connectivity index (χ0v) is 15.4. The Balaban J connectivity index is 1.93. The zero-order chi connectivity index (χ0) is 18.8. The summed E-state index contributed by atoms with van der Waals surface area (Å²) >= 11 is 0. The molecule has 1 N–H and O–H groups in total. The van der Waals surface area contributed by atoms with E-state index in [1.165, 1.54) is 13.2 Å². The van der Waals surface area contributed by atoms with Gasteiger partial charge in [-0.3, -0.25) is 0 Å². The average Bonchev–Trinajstić information content (AvgIpc) is 2.66. The van der Waals surface area contributed by atoms with Gasteiger partial charge in [-0.1, -0.05) is 54.6 Å². The van der Waals surface area contributed by atoms with Crippen LogP contribution >= 0.6 is 0 Å². The Labute approximate surface area is 152 Å². The van der Waals surface area contributed by atoms with Crippen LogP contribution in [0.5, 0.6) is 0 Å². The molecule has 136 valence electrons. The van der Waals surface area contributed by atoms with Crippen LogP contribution in [0.4, 0.5) is 4.39 Å². The molecular weight excluding hydrogens is 353 g/mol. The van der Waals surface area contributed by atoms with Gasteiger partial charge in [0.05, 0.1) is 4.90 Å². The molecule has 1 unspecified atom stereocenters. The molecule has 0 radical (unpaired) electrons. The summed E-state index contributed by atoms with van der Waals surface area (Å²) in [6.45, 7) is 1.55. The highest BCUT2D eigenvalue weighted by Gasteiger charge is 2.31. The number of hydrogen-bond acceptors (Lipinski definition) is 3. The Kier molecular flexibility index (Phi) is 5.09. The van der Waals surface area contributed by atoms with E-state index in [1.54, 1.807) is 49.4 Å². The van der Waals surface area contributed by atoms with E-state index in [-0.39, 0.29) is 11.4 Å². The van der Waals surface area contributed by atoms with Crippen molar-refractivity contribution in [1.29, 1.82) is 0 Å². The Morgan fingerprint density at radius 1 is 1.00 bits per heavy atom. The number of sulfonamides is 1. The maximum absolute atomic E-state index is 14.2. The van der Waals surface area contributed by atoms with Crippen LogP contribution in [0.25, 0.3) is 10.8 Å².